The molecule has 0 radical (unpaired) electrons. The molecule has 0 saturated carbocycles. The lowest BCUT2D eigenvalue weighted by atomic mass is 9.89. The Labute approximate surface area is 167 Å². The summed E-state index contributed by atoms with van der Waals surface area (Å²) in [6.07, 6.45) is -0.978. The third-order valence-electron chi connectivity index (χ3n) is 3.54. The minimum atomic E-state index is -1.59. The van der Waals surface area contributed by atoms with Crippen molar-refractivity contribution in [3.05, 3.63) is 35.5 Å². The van der Waals surface area contributed by atoms with Gasteiger partial charge in [0.05, 0.1) is 18.5 Å². The first-order valence-electron chi connectivity index (χ1n) is 7.73. The first-order chi connectivity index (χ1) is 11.9. The average molecular weight is 421 g/mol. The maximum absolute atomic E-state index is 11.5. The van der Waals surface area contributed by atoms with E-state index in [1.807, 2.05) is 20.8 Å². The van der Waals surface area contributed by atoms with Crippen LogP contribution in [0, 0.1) is 0 Å². The lowest BCUT2D eigenvalue weighted by Gasteiger charge is -2.19. The zero-order valence-corrected chi connectivity index (χ0v) is 17.1. The number of amides is 1. The van der Waals surface area contributed by atoms with E-state index >= 15 is 0 Å². The highest BCUT2D eigenvalue weighted by Crippen LogP contribution is 2.40. The maximum atomic E-state index is 11.5. The monoisotopic (exact) mass is 419 g/mol. The van der Waals surface area contributed by atoms with Crippen LogP contribution in [0.4, 0.5) is 4.79 Å². The molecule has 0 fully saturated rings. The van der Waals surface area contributed by atoms with Crippen molar-refractivity contribution in [1.29, 1.82) is 0 Å². The predicted octanol–water partition coefficient (Wildman–Crippen LogP) is 4.55. The van der Waals surface area contributed by atoms with Gasteiger partial charge in [0.15, 0.2) is 3.79 Å². The molecule has 0 aliphatic carbocycles. The van der Waals surface area contributed by atoms with E-state index in [1.165, 1.54) is 4.68 Å². The van der Waals surface area contributed by atoms with Gasteiger partial charge in [0.2, 0.25) is 5.88 Å². The molecule has 1 amide bonds. The topological polar surface area (TPSA) is 79.4 Å². The fourth-order valence-electron chi connectivity index (χ4n) is 2.50. The van der Waals surface area contributed by atoms with Crippen molar-refractivity contribution in [3.8, 4) is 17.3 Å². The Morgan fingerprint density at radius 1 is 1.19 bits per heavy atom. The summed E-state index contributed by atoms with van der Waals surface area (Å²) in [4.78, 5) is 11.5. The quantitative estimate of drug-likeness (QED) is 0.736. The van der Waals surface area contributed by atoms with Crippen LogP contribution in [0.5, 0.6) is 11.6 Å². The molecule has 0 aliphatic heterocycles. The van der Waals surface area contributed by atoms with Crippen LogP contribution in [0.2, 0.25) is 0 Å². The van der Waals surface area contributed by atoms with Gasteiger partial charge in [-0.25, -0.2) is 9.48 Å². The predicted molar refractivity (Wildman–Crippen MR) is 103 cm³/mol. The minimum Gasteiger partial charge on any atom is -0.497 e. The second-order valence-corrected chi connectivity index (χ2v) is 9.22. The molecular formula is C17H20Cl3N3O3. The molecule has 1 aromatic carbocycles. The third-order valence-corrected chi connectivity index (χ3v) is 3.94. The molecule has 2 aromatic rings. The Balaban J connectivity index is 2.71. The number of carbonyl (C=O) groups excluding carboxylic acids is 1. The van der Waals surface area contributed by atoms with Crippen molar-refractivity contribution < 1.29 is 14.3 Å². The Morgan fingerprint density at radius 3 is 2.19 bits per heavy atom. The van der Waals surface area contributed by atoms with Crippen molar-refractivity contribution in [2.45, 2.75) is 36.4 Å². The molecule has 0 atom stereocenters. The molecule has 142 valence electrons. The standard InChI is InChI=1S/C17H20Cl3N3O3/c1-16(2,3)13-12(9-17(18,19)20)14(26-15(21)24)23(22-13)10-5-7-11(25-4)8-6-10/h5-8H,9H2,1-4H3,(H2,21,24). The van der Waals surface area contributed by atoms with Crippen LogP contribution in [0.1, 0.15) is 32.0 Å². The summed E-state index contributed by atoms with van der Waals surface area (Å²) in [6, 6.07) is 7.06. The molecule has 2 rings (SSSR count). The van der Waals surface area contributed by atoms with Crippen molar-refractivity contribution in [2.24, 2.45) is 5.73 Å². The zero-order valence-electron chi connectivity index (χ0n) is 14.8. The van der Waals surface area contributed by atoms with Gasteiger partial charge in [-0.15, -0.1) is 0 Å². The number of hydrogen-bond acceptors (Lipinski definition) is 4. The summed E-state index contributed by atoms with van der Waals surface area (Å²) in [6.45, 7) is 5.89. The van der Waals surface area contributed by atoms with Crippen LogP contribution in [-0.2, 0) is 11.8 Å². The fourth-order valence-corrected chi connectivity index (χ4v) is 2.90. The second-order valence-electron chi connectivity index (χ2n) is 6.71. The summed E-state index contributed by atoms with van der Waals surface area (Å²) < 4.78 is 10.3. The number of aromatic nitrogens is 2. The van der Waals surface area contributed by atoms with E-state index < -0.39 is 15.3 Å². The largest absolute Gasteiger partial charge is 0.497 e. The number of ether oxygens (including phenoxy) is 2. The molecule has 0 bridgehead atoms. The Morgan fingerprint density at radius 2 is 1.77 bits per heavy atom. The molecule has 0 spiro atoms. The number of halogens is 3. The minimum absolute atomic E-state index is 0.00301. The Hall–Kier alpha value is -1.63. The fraction of sp³-hybridized carbons (Fsp3) is 0.412. The van der Waals surface area contributed by atoms with Gasteiger partial charge in [0.1, 0.15) is 5.75 Å². The number of hydrogen-bond donors (Lipinski definition) is 1. The van der Waals surface area contributed by atoms with Gasteiger partial charge >= 0.3 is 6.09 Å². The molecule has 2 N–H and O–H groups in total. The molecule has 0 aliphatic rings. The van der Waals surface area contributed by atoms with Crippen LogP contribution < -0.4 is 15.2 Å². The molecule has 1 aromatic heterocycles. The van der Waals surface area contributed by atoms with Crippen LogP contribution in [0.25, 0.3) is 5.69 Å². The van der Waals surface area contributed by atoms with Crippen molar-refractivity contribution in [1.82, 2.24) is 9.78 Å². The first kappa shape index (κ1) is 20.7. The molecule has 0 unspecified atom stereocenters. The van der Waals surface area contributed by atoms with Gasteiger partial charge in [-0.2, -0.15) is 5.10 Å². The van der Waals surface area contributed by atoms with E-state index in [4.69, 9.17) is 50.0 Å². The number of rotatable bonds is 4. The van der Waals surface area contributed by atoms with Crippen LogP contribution in [-0.4, -0.2) is 26.8 Å². The highest BCUT2D eigenvalue weighted by Gasteiger charge is 2.34. The lowest BCUT2D eigenvalue weighted by molar-refractivity contribution is 0.207. The van der Waals surface area contributed by atoms with E-state index in [1.54, 1.807) is 31.4 Å². The molecular weight excluding hydrogens is 401 g/mol. The molecule has 0 saturated heterocycles. The number of carbonyl (C=O) groups is 1. The zero-order chi connectivity index (χ0) is 19.7. The van der Waals surface area contributed by atoms with E-state index in [9.17, 15) is 4.79 Å². The molecule has 1 heterocycles. The highest BCUT2D eigenvalue weighted by molar-refractivity contribution is 6.67. The van der Waals surface area contributed by atoms with Gasteiger partial charge in [-0.05, 0) is 24.3 Å². The van der Waals surface area contributed by atoms with E-state index in [0.717, 1.165) is 0 Å². The van der Waals surface area contributed by atoms with Crippen LogP contribution in [0.3, 0.4) is 0 Å². The number of nitrogens with two attached hydrogens (primary N) is 1. The van der Waals surface area contributed by atoms with Crippen molar-refractivity contribution in [2.75, 3.05) is 7.11 Å². The molecule has 6 nitrogen and oxygen atoms in total. The number of benzene rings is 1. The SMILES string of the molecule is COc1ccc(-n2nc(C(C)(C)C)c(CC(Cl)(Cl)Cl)c2OC(N)=O)cc1. The third kappa shape index (κ3) is 4.96. The summed E-state index contributed by atoms with van der Waals surface area (Å²) >= 11 is 18.0. The average Bonchev–Trinajstić information content (AvgIpc) is 2.83. The smallest absolute Gasteiger partial charge is 0.411 e. The van der Waals surface area contributed by atoms with E-state index in [-0.39, 0.29) is 12.3 Å². The van der Waals surface area contributed by atoms with Gasteiger partial charge in [0.25, 0.3) is 0 Å². The van der Waals surface area contributed by atoms with Gasteiger partial charge in [-0.3, -0.25) is 0 Å². The van der Waals surface area contributed by atoms with E-state index in [2.05, 4.69) is 5.10 Å². The number of primary amides is 1. The molecule has 26 heavy (non-hydrogen) atoms. The Bertz CT molecular complexity index is 791. The van der Waals surface area contributed by atoms with Gasteiger partial charge < -0.3 is 15.2 Å². The summed E-state index contributed by atoms with van der Waals surface area (Å²) in [5, 5.41) is 4.61. The highest BCUT2D eigenvalue weighted by atomic mass is 35.6. The first-order valence-corrected chi connectivity index (χ1v) is 8.86. The number of nitrogens with zero attached hydrogens (tertiary/aromatic N) is 2. The van der Waals surface area contributed by atoms with E-state index in [0.29, 0.717) is 22.7 Å². The summed E-state index contributed by atoms with van der Waals surface area (Å²) in [5.74, 6) is 0.801. The Kier molecular flexibility index (Phi) is 6.00. The summed E-state index contributed by atoms with van der Waals surface area (Å²) in [7, 11) is 1.57. The lowest BCUT2D eigenvalue weighted by Crippen LogP contribution is -2.21. The van der Waals surface area contributed by atoms with Crippen molar-refractivity contribution in [3.63, 3.8) is 0 Å². The number of alkyl halides is 3. The summed E-state index contributed by atoms with van der Waals surface area (Å²) in [5.41, 5.74) is 6.64. The van der Waals surface area contributed by atoms with Crippen molar-refractivity contribution >= 4 is 40.9 Å². The normalized spacial score (nSPS) is 12.1. The maximum Gasteiger partial charge on any atom is 0.411 e. The van der Waals surface area contributed by atoms with Crippen LogP contribution in [0.15, 0.2) is 24.3 Å². The van der Waals surface area contributed by atoms with Gasteiger partial charge in [0, 0.05) is 17.4 Å². The second kappa shape index (κ2) is 7.55. The van der Waals surface area contributed by atoms with Crippen LogP contribution >= 0.6 is 34.8 Å². The van der Waals surface area contributed by atoms with Gasteiger partial charge in [-0.1, -0.05) is 55.6 Å². The number of methoxy groups -OCH3 is 1. The molecule has 9 heteroatoms.